The number of nitrogens with one attached hydrogen (secondary N) is 1. The van der Waals surface area contributed by atoms with Gasteiger partial charge in [-0.25, -0.2) is 13.5 Å². The topological polar surface area (TPSA) is 29.9 Å². The molecule has 0 aliphatic carbocycles. The van der Waals surface area contributed by atoms with Crippen LogP contribution in [-0.2, 0) is 12.8 Å². The number of aromatic nitrogens is 2. The van der Waals surface area contributed by atoms with Crippen molar-refractivity contribution in [3.63, 3.8) is 0 Å². The molecule has 2 heterocycles. The second kappa shape index (κ2) is 7.08. The molecule has 0 unspecified atom stereocenters. The van der Waals surface area contributed by atoms with E-state index in [0.29, 0.717) is 11.4 Å². The van der Waals surface area contributed by atoms with E-state index >= 15 is 0 Å². The van der Waals surface area contributed by atoms with Crippen molar-refractivity contribution in [3.8, 4) is 5.69 Å². The van der Waals surface area contributed by atoms with Crippen molar-refractivity contribution in [2.45, 2.75) is 25.7 Å². The van der Waals surface area contributed by atoms with Crippen LogP contribution in [0.1, 0.15) is 29.7 Å². The minimum absolute atomic E-state index is 0.238. The summed E-state index contributed by atoms with van der Waals surface area (Å²) in [5.74, 6) is -0.450. The zero-order chi connectivity index (χ0) is 18.1. The number of halogens is 3. The van der Waals surface area contributed by atoms with Crippen molar-refractivity contribution < 1.29 is 8.78 Å². The average molecular weight is 374 g/mol. The summed E-state index contributed by atoms with van der Waals surface area (Å²) in [5, 5.41) is 8.71. The highest BCUT2D eigenvalue weighted by Crippen LogP contribution is 2.31. The fraction of sp³-hybridized carbons (Fsp3) is 0.250. The van der Waals surface area contributed by atoms with Gasteiger partial charge in [0.25, 0.3) is 0 Å². The molecule has 26 heavy (non-hydrogen) atoms. The average Bonchev–Trinajstić information content (AvgIpc) is 2.80. The normalized spacial score (nSPS) is 13.8. The van der Waals surface area contributed by atoms with Gasteiger partial charge in [0.1, 0.15) is 17.3 Å². The molecule has 6 heteroatoms. The lowest BCUT2D eigenvalue weighted by Gasteiger charge is -2.10. The van der Waals surface area contributed by atoms with E-state index in [4.69, 9.17) is 11.6 Å². The Balaban J connectivity index is 1.83. The summed E-state index contributed by atoms with van der Waals surface area (Å²) in [5.41, 5.74) is 3.16. The Morgan fingerprint density at radius 2 is 1.96 bits per heavy atom. The predicted octanol–water partition coefficient (Wildman–Crippen LogP) is 5.14. The molecule has 1 aromatic heterocycles. The summed E-state index contributed by atoms with van der Waals surface area (Å²) in [6.07, 6.45) is 3.50. The lowest BCUT2D eigenvalue weighted by Crippen LogP contribution is -2.08. The maximum Gasteiger partial charge on any atom is 0.151 e. The maximum atomic E-state index is 14.4. The second-order valence-electron chi connectivity index (χ2n) is 6.43. The molecule has 1 aliphatic heterocycles. The summed E-state index contributed by atoms with van der Waals surface area (Å²) in [6, 6.07) is 11.2. The van der Waals surface area contributed by atoms with E-state index in [1.54, 1.807) is 4.68 Å². The van der Waals surface area contributed by atoms with Gasteiger partial charge in [-0.1, -0.05) is 29.8 Å². The van der Waals surface area contributed by atoms with Crippen molar-refractivity contribution in [2.75, 3.05) is 11.9 Å². The molecular formula is C20H18ClF2N3. The second-order valence-corrected chi connectivity index (χ2v) is 6.84. The van der Waals surface area contributed by atoms with E-state index in [9.17, 15) is 8.78 Å². The Bertz CT molecular complexity index is 952. The monoisotopic (exact) mass is 373 g/mol. The van der Waals surface area contributed by atoms with E-state index in [2.05, 4.69) is 10.4 Å². The minimum atomic E-state index is -0.634. The van der Waals surface area contributed by atoms with Crippen LogP contribution in [0.4, 0.5) is 14.6 Å². The molecule has 0 atom stereocenters. The van der Waals surface area contributed by atoms with E-state index in [1.807, 2.05) is 24.3 Å². The maximum absolute atomic E-state index is 14.4. The number of nitrogens with zero attached hydrogens (tertiary/aromatic N) is 2. The van der Waals surface area contributed by atoms with E-state index in [1.165, 1.54) is 12.1 Å². The van der Waals surface area contributed by atoms with E-state index in [-0.39, 0.29) is 5.69 Å². The Kier molecular flexibility index (Phi) is 4.64. The first-order valence-electron chi connectivity index (χ1n) is 8.67. The number of hydrogen-bond acceptors (Lipinski definition) is 2. The van der Waals surface area contributed by atoms with Crippen LogP contribution in [0, 0.1) is 11.6 Å². The van der Waals surface area contributed by atoms with Gasteiger partial charge in [0.15, 0.2) is 5.82 Å². The molecule has 0 amide bonds. The van der Waals surface area contributed by atoms with Crippen LogP contribution in [-0.4, -0.2) is 16.3 Å². The van der Waals surface area contributed by atoms with Crippen molar-refractivity contribution in [3.05, 3.63) is 75.9 Å². The molecule has 1 aliphatic rings. The Hall–Kier alpha value is -2.40. The molecular weight excluding hydrogens is 356 g/mol. The largest absolute Gasteiger partial charge is 0.370 e. The van der Waals surface area contributed by atoms with Crippen LogP contribution >= 0.6 is 11.6 Å². The molecule has 0 fully saturated rings. The summed E-state index contributed by atoms with van der Waals surface area (Å²) in [7, 11) is 0. The minimum Gasteiger partial charge on any atom is -0.370 e. The van der Waals surface area contributed by atoms with E-state index in [0.717, 1.165) is 54.5 Å². The third-order valence-electron chi connectivity index (χ3n) is 4.67. The molecule has 0 spiro atoms. The number of benzene rings is 2. The highest BCUT2D eigenvalue weighted by atomic mass is 35.5. The van der Waals surface area contributed by atoms with Crippen molar-refractivity contribution in [2.24, 2.45) is 0 Å². The molecule has 3 nitrogen and oxygen atoms in total. The fourth-order valence-corrected chi connectivity index (χ4v) is 3.57. The highest BCUT2D eigenvalue weighted by Gasteiger charge is 2.22. The molecule has 134 valence electrons. The van der Waals surface area contributed by atoms with Crippen LogP contribution in [0.5, 0.6) is 0 Å². The zero-order valence-corrected chi connectivity index (χ0v) is 14.9. The molecule has 0 bridgehead atoms. The SMILES string of the molecule is Fc1ccc(-n2nc(Cc3ccccc3Cl)c3c2NCCCC3)c(F)c1. The van der Waals surface area contributed by atoms with Gasteiger partial charge < -0.3 is 5.32 Å². The van der Waals surface area contributed by atoms with Crippen LogP contribution in [0.25, 0.3) is 5.69 Å². The summed E-state index contributed by atoms with van der Waals surface area (Å²) >= 11 is 6.30. The number of rotatable bonds is 3. The van der Waals surface area contributed by atoms with E-state index < -0.39 is 11.6 Å². The number of anilines is 1. The lowest BCUT2D eigenvalue weighted by atomic mass is 10.0. The van der Waals surface area contributed by atoms with Crippen molar-refractivity contribution >= 4 is 17.4 Å². The third kappa shape index (κ3) is 3.19. The molecule has 0 saturated carbocycles. The summed E-state index contributed by atoms with van der Waals surface area (Å²) < 4.78 is 29.2. The standard InChI is InChI=1S/C20H18ClF2N3/c21-16-7-2-1-5-13(16)11-18-15-6-3-4-10-24-20(15)26(25-18)19-9-8-14(22)12-17(19)23/h1-2,5,7-9,12,24H,3-4,6,10-11H2. The van der Waals surface area contributed by atoms with Gasteiger partial charge in [0, 0.05) is 29.6 Å². The first-order chi connectivity index (χ1) is 12.6. The summed E-state index contributed by atoms with van der Waals surface area (Å²) in [6.45, 7) is 0.799. The Labute approximate surface area is 155 Å². The van der Waals surface area contributed by atoms with Gasteiger partial charge in [0.2, 0.25) is 0 Å². The first-order valence-corrected chi connectivity index (χ1v) is 9.05. The molecule has 0 saturated heterocycles. The number of hydrogen-bond donors (Lipinski definition) is 1. The van der Waals surface area contributed by atoms with Crippen LogP contribution in [0.3, 0.4) is 0 Å². The van der Waals surface area contributed by atoms with Crippen molar-refractivity contribution in [1.29, 1.82) is 0 Å². The highest BCUT2D eigenvalue weighted by molar-refractivity contribution is 6.31. The third-order valence-corrected chi connectivity index (χ3v) is 5.04. The van der Waals surface area contributed by atoms with Gasteiger partial charge in [-0.05, 0) is 43.0 Å². The predicted molar refractivity (Wildman–Crippen MR) is 99.2 cm³/mol. The number of fused-ring (bicyclic) bond motifs is 1. The molecule has 4 rings (SSSR count). The van der Waals surface area contributed by atoms with Gasteiger partial charge in [-0.15, -0.1) is 0 Å². The molecule has 3 aromatic rings. The van der Waals surface area contributed by atoms with Crippen molar-refractivity contribution in [1.82, 2.24) is 9.78 Å². The Morgan fingerprint density at radius 1 is 1.12 bits per heavy atom. The lowest BCUT2D eigenvalue weighted by molar-refractivity contribution is 0.573. The van der Waals surface area contributed by atoms with Gasteiger partial charge in [-0.2, -0.15) is 5.10 Å². The molecule has 1 N–H and O–H groups in total. The fourth-order valence-electron chi connectivity index (χ4n) is 3.36. The Morgan fingerprint density at radius 3 is 2.77 bits per heavy atom. The van der Waals surface area contributed by atoms with Gasteiger partial charge in [0.05, 0.1) is 5.69 Å². The molecule has 2 aromatic carbocycles. The van der Waals surface area contributed by atoms with Crippen LogP contribution < -0.4 is 5.32 Å². The summed E-state index contributed by atoms with van der Waals surface area (Å²) in [4.78, 5) is 0. The molecule has 0 radical (unpaired) electrons. The quantitative estimate of drug-likeness (QED) is 0.688. The zero-order valence-electron chi connectivity index (χ0n) is 14.1. The first kappa shape index (κ1) is 17.0. The van der Waals surface area contributed by atoms with Crippen LogP contribution in [0.15, 0.2) is 42.5 Å². The van der Waals surface area contributed by atoms with Gasteiger partial charge >= 0.3 is 0 Å². The van der Waals surface area contributed by atoms with Crippen LogP contribution in [0.2, 0.25) is 5.02 Å². The van der Waals surface area contributed by atoms with Gasteiger partial charge in [-0.3, -0.25) is 0 Å². The smallest absolute Gasteiger partial charge is 0.151 e.